The summed E-state index contributed by atoms with van der Waals surface area (Å²) in [4.78, 5) is 14.1. The van der Waals surface area contributed by atoms with Crippen LogP contribution in [0.15, 0.2) is 11.1 Å². The van der Waals surface area contributed by atoms with Crippen LogP contribution in [0.4, 0.5) is 0 Å². The van der Waals surface area contributed by atoms with Crippen molar-refractivity contribution in [2.24, 2.45) is 5.92 Å². The van der Waals surface area contributed by atoms with Gasteiger partial charge in [0.25, 0.3) is 0 Å². The number of rotatable bonds is 10. The molecule has 2 aliphatic rings. The van der Waals surface area contributed by atoms with E-state index in [2.05, 4.69) is 28.4 Å². The summed E-state index contributed by atoms with van der Waals surface area (Å²) in [6, 6.07) is 0. The van der Waals surface area contributed by atoms with Gasteiger partial charge >= 0.3 is 0 Å². The minimum absolute atomic E-state index is 0. The molecule has 1 aliphatic carbocycles. The van der Waals surface area contributed by atoms with Crippen LogP contribution >= 0.6 is 0 Å². The summed E-state index contributed by atoms with van der Waals surface area (Å²) >= 11 is 0. The highest BCUT2D eigenvalue weighted by atomic mass is 16.5. The van der Waals surface area contributed by atoms with Gasteiger partial charge in [-0.25, -0.2) is 0 Å². The fraction of sp³-hybridized carbons (Fsp3) is 0.727. The lowest BCUT2D eigenvalue weighted by Gasteiger charge is -2.28. The topological polar surface area (TPSA) is 77.5 Å². The van der Waals surface area contributed by atoms with Crippen molar-refractivity contribution in [2.45, 2.75) is 46.0 Å². The molecule has 0 spiro atoms. The maximum absolute atomic E-state index is 11.8. The molecule has 0 aromatic heterocycles. The van der Waals surface area contributed by atoms with E-state index in [1.165, 1.54) is 38.3 Å². The highest BCUT2D eigenvalue weighted by Crippen LogP contribution is 2.24. The quantitative estimate of drug-likeness (QED) is 0.303. The van der Waals surface area contributed by atoms with E-state index in [4.69, 9.17) is 16.6 Å². The molecule has 0 bridgehead atoms. The van der Waals surface area contributed by atoms with E-state index in [1.807, 2.05) is 6.92 Å². The van der Waals surface area contributed by atoms with Crippen LogP contribution in [0.5, 0.6) is 0 Å². The Bertz CT molecular complexity index is 539. The van der Waals surface area contributed by atoms with E-state index in [1.54, 1.807) is 0 Å². The number of likely N-dealkylation sites (N-methyl/N-ethyl adjacent to an activating group) is 1. The molecule has 1 fully saturated rings. The third-order valence-corrected chi connectivity index (χ3v) is 5.18. The van der Waals surface area contributed by atoms with Gasteiger partial charge in [-0.05, 0) is 37.8 Å². The summed E-state index contributed by atoms with van der Waals surface area (Å²) in [6.07, 6.45) is 13.3. The molecule has 6 heteroatoms. The number of terminal acetylenes is 1. The van der Waals surface area contributed by atoms with Crippen molar-refractivity contribution in [1.29, 1.82) is 5.41 Å². The lowest BCUT2D eigenvalue weighted by atomic mass is 9.89. The molecule has 0 saturated heterocycles. The van der Waals surface area contributed by atoms with Crippen LogP contribution in [0, 0.1) is 23.7 Å². The van der Waals surface area contributed by atoms with E-state index in [0.717, 1.165) is 43.2 Å². The van der Waals surface area contributed by atoms with Gasteiger partial charge in [0.15, 0.2) is 0 Å². The van der Waals surface area contributed by atoms with Gasteiger partial charge in [-0.15, -0.1) is 6.42 Å². The number of carbonyl (C=O) groups is 1. The van der Waals surface area contributed by atoms with Gasteiger partial charge < -0.3 is 20.8 Å². The first-order valence-electron chi connectivity index (χ1n) is 10.6. The highest BCUT2D eigenvalue weighted by molar-refractivity contribution is 5.80. The van der Waals surface area contributed by atoms with Crippen LogP contribution in [0.1, 0.15) is 47.4 Å². The van der Waals surface area contributed by atoms with Crippen molar-refractivity contribution in [3.05, 3.63) is 11.1 Å². The Kier molecular flexibility index (Phi) is 13.3. The summed E-state index contributed by atoms with van der Waals surface area (Å²) in [7, 11) is 0. The molecule has 1 aliphatic heterocycles. The predicted molar refractivity (Wildman–Crippen MR) is 118 cm³/mol. The van der Waals surface area contributed by atoms with Crippen LogP contribution in [-0.4, -0.2) is 69.5 Å². The maximum atomic E-state index is 11.8. The lowest BCUT2D eigenvalue weighted by molar-refractivity contribution is -0.122. The molecule has 160 valence electrons. The Hall–Kier alpha value is -1.68. The van der Waals surface area contributed by atoms with Crippen LogP contribution in [0.25, 0.3) is 0 Å². The van der Waals surface area contributed by atoms with Crippen LogP contribution in [-0.2, 0) is 9.53 Å². The standard InChI is InChI=1S/C15H30N2O2.C7H8N2.H2/c1-3-17(12-14-8-6-5-7-9-14)13-15(18)16-10-11-19-4-2;1-2-6-4-9-5-7(6)3-8;/h14H,3-13H2,1-2H3,(H,16,18);1,3,8-9H,4-5H2;1H. The second-order valence-corrected chi connectivity index (χ2v) is 7.27. The summed E-state index contributed by atoms with van der Waals surface area (Å²) in [6.45, 7) is 10.1. The molecule has 0 aromatic rings. The van der Waals surface area contributed by atoms with Gasteiger partial charge in [-0.2, -0.15) is 0 Å². The van der Waals surface area contributed by atoms with Crippen molar-refractivity contribution in [2.75, 3.05) is 52.5 Å². The first-order chi connectivity index (χ1) is 13.6. The van der Waals surface area contributed by atoms with E-state index in [-0.39, 0.29) is 7.33 Å². The number of nitrogens with one attached hydrogen (secondary N) is 3. The fourth-order valence-corrected chi connectivity index (χ4v) is 3.53. The minimum Gasteiger partial charge on any atom is -0.380 e. The predicted octanol–water partition coefficient (Wildman–Crippen LogP) is 2.46. The smallest absolute Gasteiger partial charge is 0.234 e. The minimum atomic E-state index is 0. The van der Waals surface area contributed by atoms with Gasteiger partial charge in [0.05, 0.1) is 13.2 Å². The first-order valence-corrected chi connectivity index (χ1v) is 10.6. The molecule has 6 nitrogen and oxygen atoms in total. The lowest BCUT2D eigenvalue weighted by Crippen LogP contribution is -2.40. The first kappa shape index (κ1) is 24.4. The van der Waals surface area contributed by atoms with Crippen LogP contribution in [0.3, 0.4) is 0 Å². The molecule has 0 atom stereocenters. The zero-order chi connectivity index (χ0) is 20.6. The number of hydrogen-bond donors (Lipinski definition) is 3. The molecule has 0 radical (unpaired) electrons. The van der Waals surface area contributed by atoms with E-state index in [9.17, 15) is 4.79 Å². The van der Waals surface area contributed by atoms with E-state index < -0.39 is 0 Å². The van der Waals surface area contributed by atoms with Crippen molar-refractivity contribution in [1.82, 2.24) is 15.5 Å². The molecule has 0 unspecified atom stereocenters. The third-order valence-electron chi connectivity index (χ3n) is 5.18. The maximum Gasteiger partial charge on any atom is 0.234 e. The molecule has 1 heterocycles. The summed E-state index contributed by atoms with van der Waals surface area (Å²) < 4.78 is 5.21. The highest BCUT2D eigenvalue weighted by Gasteiger charge is 2.17. The summed E-state index contributed by atoms with van der Waals surface area (Å²) in [5.41, 5.74) is 1.86. The second kappa shape index (κ2) is 15.3. The summed E-state index contributed by atoms with van der Waals surface area (Å²) in [5, 5.41) is 12.9. The number of nitrogens with zero attached hydrogens (tertiary/aromatic N) is 1. The van der Waals surface area contributed by atoms with Gasteiger partial charge in [0, 0.05) is 46.0 Å². The number of ether oxygens (including phenoxy) is 1. The zero-order valence-corrected chi connectivity index (χ0v) is 17.7. The molecule has 0 aromatic carbocycles. The van der Waals surface area contributed by atoms with Crippen molar-refractivity contribution >= 4 is 12.1 Å². The zero-order valence-electron chi connectivity index (χ0n) is 17.7. The Morgan fingerprint density at radius 1 is 1.39 bits per heavy atom. The molecule has 3 N–H and O–H groups in total. The van der Waals surface area contributed by atoms with Crippen LogP contribution in [0.2, 0.25) is 0 Å². The van der Waals surface area contributed by atoms with Crippen molar-refractivity contribution in [3.8, 4) is 12.3 Å². The van der Waals surface area contributed by atoms with Gasteiger partial charge in [-0.3, -0.25) is 9.69 Å². The largest absolute Gasteiger partial charge is 0.380 e. The van der Waals surface area contributed by atoms with Gasteiger partial charge in [0.2, 0.25) is 5.91 Å². The van der Waals surface area contributed by atoms with E-state index >= 15 is 0 Å². The van der Waals surface area contributed by atoms with Crippen molar-refractivity contribution < 1.29 is 11.0 Å². The molecule has 1 saturated carbocycles. The average Bonchev–Trinajstić information content (AvgIpc) is 3.20. The third kappa shape index (κ3) is 10.0. The second-order valence-electron chi connectivity index (χ2n) is 7.27. The van der Waals surface area contributed by atoms with Crippen molar-refractivity contribution in [3.63, 3.8) is 0 Å². The molecule has 1 amide bonds. The number of carbonyl (C=O) groups excluding carboxylic acids is 1. The van der Waals surface area contributed by atoms with Crippen LogP contribution < -0.4 is 10.6 Å². The van der Waals surface area contributed by atoms with Gasteiger partial charge in [-0.1, -0.05) is 32.1 Å². The Labute approximate surface area is 172 Å². The Balaban J connectivity index is 0.000000658. The SMILES string of the molecule is C#CC1=C(C=N)CNC1.CCOCCNC(=O)CN(CC)CC1CCCCC1.[HH]. The number of hydrogen-bond acceptors (Lipinski definition) is 5. The molecule has 28 heavy (non-hydrogen) atoms. The number of amides is 1. The molecule has 2 rings (SSSR count). The fourth-order valence-electron chi connectivity index (χ4n) is 3.53. The van der Waals surface area contributed by atoms with E-state index in [0.29, 0.717) is 26.3 Å². The Morgan fingerprint density at radius 3 is 2.71 bits per heavy atom. The van der Waals surface area contributed by atoms with Gasteiger partial charge in [0.1, 0.15) is 0 Å². The Morgan fingerprint density at radius 2 is 2.14 bits per heavy atom. The molecular formula is C22H40N4O2. The monoisotopic (exact) mass is 392 g/mol. The normalized spacial score (nSPS) is 17.1. The summed E-state index contributed by atoms with van der Waals surface area (Å²) in [5.74, 6) is 3.45. The molecular weight excluding hydrogens is 352 g/mol. The average molecular weight is 393 g/mol.